The fraction of sp³-hybridized carbons (Fsp3) is 0.500. The van der Waals surface area contributed by atoms with Gasteiger partial charge in [0.2, 0.25) is 0 Å². The zero-order valence-electron chi connectivity index (χ0n) is 10.2. The van der Waals surface area contributed by atoms with Crippen LogP contribution in [-0.2, 0) is 11.3 Å². The second-order valence-electron chi connectivity index (χ2n) is 3.87. The van der Waals surface area contributed by atoms with Gasteiger partial charge in [-0.1, -0.05) is 6.07 Å². The number of hydrogen-bond acceptors (Lipinski definition) is 4. The molecule has 0 aliphatic rings. The van der Waals surface area contributed by atoms with Crippen molar-refractivity contribution in [1.29, 1.82) is 5.41 Å². The lowest BCUT2D eigenvalue weighted by Gasteiger charge is -2.21. The van der Waals surface area contributed by atoms with Gasteiger partial charge in [0.25, 0.3) is 0 Å². The average molecular weight is 236 g/mol. The molecule has 1 rings (SSSR count). The molecule has 0 aliphatic carbocycles. The van der Waals surface area contributed by atoms with Crippen LogP contribution < -0.4 is 5.73 Å². The Morgan fingerprint density at radius 3 is 2.88 bits per heavy atom. The van der Waals surface area contributed by atoms with Crippen LogP contribution in [0.25, 0.3) is 0 Å². The Hall–Kier alpha value is -1.46. The summed E-state index contributed by atoms with van der Waals surface area (Å²) in [6.45, 7) is 3.01. The molecule has 0 bridgehead atoms. The van der Waals surface area contributed by atoms with Crippen LogP contribution in [0, 0.1) is 5.41 Å². The molecule has 0 saturated carbocycles. The molecular weight excluding hydrogens is 216 g/mol. The van der Waals surface area contributed by atoms with E-state index in [4.69, 9.17) is 15.9 Å². The lowest BCUT2D eigenvalue weighted by atomic mass is 10.3. The maximum atomic E-state index is 7.25. The number of pyridine rings is 1. The first-order valence-electron chi connectivity index (χ1n) is 5.66. The normalized spacial score (nSPS) is 10.7. The highest BCUT2D eigenvalue weighted by Crippen LogP contribution is 2.01. The number of ether oxygens (including phenoxy) is 1. The molecule has 0 radical (unpaired) electrons. The van der Waals surface area contributed by atoms with E-state index in [1.807, 2.05) is 18.2 Å². The smallest absolute Gasteiger partial charge is 0.0918 e. The van der Waals surface area contributed by atoms with Crippen LogP contribution in [-0.4, -0.2) is 42.5 Å². The van der Waals surface area contributed by atoms with Crippen LogP contribution in [0.3, 0.4) is 0 Å². The van der Waals surface area contributed by atoms with E-state index in [9.17, 15) is 0 Å². The van der Waals surface area contributed by atoms with Gasteiger partial charge >= 0.3 is 0 Å². The Kier molecular flexibility index (Phi) is 6.21. The van der Waals surface area contributed by atoms with Crippen LogP contribution in [0.15, 0.2) is 24.4 Å². The van der Waals surface area contributed by atoms with Crippen LogP contribution in [0.2, 0.25) is 0 Å². The molecule has 0 aliphatic heterocycles. The van der Waals surface area contributed by atoms with E-state index in [0.717, 1.165) is 25.3 Å². The number of rotatable bonds is 8. The molecule has 3 N–H and O–H groups in total. The second-order valence-corrected chi connectivity index (χ2v) is 3.87. The summed E-state index contributed by atoms with van der Waals surface area (Å²) >= 11 is 0. The number of hydrogen-bond donors (Lipinski definition) is 2. The lowest BCUT2D eigenvalue weighted by Crippen LogP contribution is -2.30. The minimum Gasteiger partial charge on any atom is -0.388 e. The number of methoxy groups -OCH3 is 1. The molecule has 0 atom stereocenters. The Balaban J connectivity index is 2.47. The first kappa shape index (κ1) is 13.6. The van der Waals surface area contributed by atoms with E-state index in [2.05, 4.69) is 9.88 Å². The Morgan fingerprint density at radius 1 is 1.47 bits per heavy atom. The van der Waals surface area contributed by atoms with Crippen molar-refractivity contribution in [2.24, 2.45) is 5.73 Å². The minimum atomic E-state index is 0.216. The molecule has 0 unspecified atom stereocenters. The van der Waals surface area contributed by atoms with Crippen LogP contribution in [0.1, 0.15) is 12.1 Å². The van der Waals surface area contributed by atoms with Crippen molar-refractivity contribution in [3.8, 4) is 0 Å². The number of amidine groups is 1. The third-order valence-corrected chi connectivity index (χ3v) is 2.42. The maximum Gasteiger partial charge on any atom is 0.0918 e. The van der Waals surface area contributed by atoms with E-state index < -0.39 is 0 Å². The second kappa shape index (κ2) is 7.76. The molecule has 0 amide bonds. The summed E-state index contributed by atoms with van der Waals surface area (Å²) in [5, 5.41) is 7.25. The Labute approximate surface area is 102 Å². The molecule has 0 fully saturated rings. The van der Waals surface area contributed by atoms with Gasteiger partial charge in [-0.05, 0) is 12.1 Å². The summed E-state index contributed by atoms with van der Waals surface area (Å²) in [4.78, 5) is 6.47. The van der Waals surface area contributed by atoms with Crippen molar-refractivity contribution >= 4 is 5.84 Å². The fourth-order valence-electron chi connectivity index (χ4n) is 1.49. The third kappa shape index (κ3) is 5.99. The van der Waals surface area contributed by atoms with E-state index >= 15 is 0 Å². The average Bonchev–Trinajstić information content (AvgIpc) is 2.34. The first-order valence-corrected chi connectivity index (χ1v) is 5.66. The van der Waals surface area contributed by atoms with Crippen molar-refractivity contribution in [1.82, 2.24) is 9.88 Å². The van der Waals surface area contributed by atoms with Crippen molar-refractivity contribution in [3.05, 3.63) is 30.1 Å². The summed E-state index contributed by atoms with van der Waals surface area (Å²) < 4.78 is 5.07. The summed E-state index contributed by atoms with van der Waals surface area (Å²) in [5.41, 5.74) is 6.39. The topological polar surface area (TPSA) is 75.2 Å². The van der Waals surface area contributed by atoms with Gasteiger partial charge in [0.1, 0.15) is 0 Å². The third-order valence-electron chi connectivity index (χ3n) is 2.42. The predicted molar refractivity (Wildman–Crippen MR) is 67.9 cm³/mol. The van der Waals surface area contributed by atoms with E-state index in [1.165, 1.54) is 0 Å². The summed E-state index contributed by atoms with van der Waals surface area (Å²) in [6.07, 6.45) is 2.37. The Bertz CT molecular complexity index is 329. The van der Waals surface area contributed by atoms with E-state index in [0.29, 0.717) is 13.0 Å². The molecule has 17 heavy (non-hydrogen) atoms. The van der Waals surface area contributed by atoms with Gasteiger partial charge in [-0.25, -0.2) is 0 Å². The van der Waals surface area contributed by atoms with Gasteiger partial charge in [0.05, 0.1) is 18.1 Å². The van der Waals surface area contributed by atoms with Gasteiger partial charge in [0, 0.05) is 39.4 Å². The zero-order chi connectivity index (χ0) is 12.5. The molecule has 1 heterocycles. The summed E-state index contributed by atoms with van der Waals surface area (Å²) in [5.74, 6) is 0.216. The molecule has 0 aromatic carbocycles. The van der Waals surface area contributed by atoms with E-state index in [1.54, 1.807) is 13.3 Å². The summed E-state index contributed by atoms with van der Waals surface area (Å²) in [6, 6.07) is 5.87. The highest BCUT2D eigenvalue weighted by molar-refractivity contribution is 5.76. The molecule has 1 aromatic rings. The molecule has 0 spiro atoms. The Morgan fingerprint density at radius 2 is 2.29 bits per heavy atom. The maximum absolute atomic E-state index is 7.25. The van der Waals surface area contributed by atoms with Crippen LogP contribution in [0.4, 0.5) is 0 Å². The zero-order valence-corrected chi connectivity index (χ0v) is 10.2. The van der Waals surface area contributed by atoms with Gasteiger partial charge in [-0.2, -0.15) is 0 Å². The molecule has 5 nitrogen and oxygen atoms in total. The fourth-order valence-corrected chi connectivity index (χ4v) is 1.49. The standard InChI is InChI=1S/C12H20N4O/c1-17-9-8-16(7-5-12(13)14)10-11-4-2-3-6-15-11/h2-4,6H,5,7-10H2,1H3,(H3,13,14). The van der Waals surface area contributed by atoms with Gasteiger partial charge < -0.3 is 10.5 Å². The number of nitrogens with two attached hydrogens (primary N) is 1. The SMILES string of the molecule is COCCN(CCC(=N)N)Cc1ccccn1. The van der Waals surface area contributed by atoms with Gasteiger partial charge in [-0.3, -0.25) is 15.3 Å². The van der Waals surface area contributed by atoms with Crippen LogP contribution >= 0.6 is 0 Å². The number of nitrogens with zero attached hydrogens (tertiary/aromatic N) is 2. The predicted octanol–water partition coefficient (Wildman–Crippen LogP) is 0.856. The van der Waals surface area contributed by atoms with Crippen molar-refractivity contribution in [2.45, 2.75) is 13.0 Å². The molecule has 0 saturated heterocycles. The van der Waals surface area contributed by atoms with Crippen molar-refractivity contribution in [2.75, 3.05) is 26.8 Å². The molecule has 5 heteroatoms. The van der Waals surface area contributed by atoms with Crippen molar-refractivity contribution in [3.63, 3.8) is 0 Å². The molecule has 94 valence electrons. The van der Waals surface area contributed by atoms with Crippen molar-refractivity contribution < 1.29 is 4.74 Å². The summed E-state index contributed by atoms with van der Waals surface area (Å²) in [7, 11) is 1.68. The first-order chi connectivity index (χ1) is 8.22. The van der Waals surface area contributed by atoms with Gasteiger partial charge in [0.15, 0.2) is 0 Å². The number of aromatic nitrogens is 1. The monoisotopic (exact) mass is 236 g/mol. The molecule has 1 aromatic heterocycles. The quantitative estimate of drug-likeness (QED) is 0.518. The number of nitrogens with one attached hydrogen (secondary N) is 1. The van der Waals surface area contributed by atoms with E-state index in [-0.39, 0.29) is 5.84 Å². The lowest BCUT2D eigenvalue weighted by molar-refractivity contribution is 0.145. The highest BCUT2D eigenvalue weighted by Gasteiger charge is 2.06. The van der Waals surface area contributed by atoms with Crippen LogP contribution in [0.5, 0.6) is 0 Å². The largest absolute Gasteiger partial charge is 0.388 e. The minimum absolute atomic E-state index is 0.216. The van der Waals surface area contributed by atoms with Gasteiger partial charge in [-0.15, -0.1) is 0 Å². The highest BCUT2D eigenvalue weighted by atomic mass is 16.5. The molecular formula is C12H20N4O.